The van der Waals surface area contributed by atoms with Gasteiger partial charge in [0.2, 0.25) is 5.95 Å². The van der Waals surface area contributed by atoms with Crippen LogP contribution in [0.2, 0.25) is 5.02 Å². The summed E-state index contributed by atoms with van der Waals surface area (Å²) in [6, 6.07) is 4.60. The van der Waals surface area contributed by atoms with E-state index in [0.717, 1.165) is 37.4 Å². The monoisotopic (exact) mass is 368 g/mol. The van der Waals surface area contributed by atoms with Crippen LogP contribution in [0.1, 0.15) is 32.1 Å². The van der Waals surface area contributed by atoms with E-state index in [0.29, 0.717) is 20.6 Å². The molecule has 5 nitrogen and oxygen atoms in total. The molecule has 0 unspecified atom stereocenters. The maximum absolute atomic E-state index is 14.1. The lowest BCUT2D eigenvalue weighted by atomic mass is 9.95. The lowest BCUT2D eigenvalue weighted by Gasteiger charge is -2.24. The summed E-state index contributed by atoms with van der Waals surface area (Å²) in [5.41, 5.74) is 5.28. The normalized spacial score (nSPS) is 15.4. The number of nitrogens with zero attached hydrogens (tertiary/aromatic N) is 1. The Morgan fingerprint density at radius 1 is 1.33 bits per heavy atom. The van der Waals surface area contributed by atoms with Gasteiger partial charge in [0.15, 0.2) is 0 Å². The quantitative estimate of drug-likeness (QED) is 0.758. The van der Waals surface area contributed by atoms with E-state index >= 15 is 0 Å². The van der Waals surface area contributed by atoms with E-state index in [1.165, 1.54) is 12.5 Å². The summed E-state index contributed by atoms with van der Waals surface area (Å²) in [7, 11) is 0. The van der Waals surface area contributed by atoms with Crippen LogP contribution in [0, 0.1) is 5.82 Å². The Balaban J connectivity index is 1.92. The molecule has 0 amide bonds. The van der Waals surface area contributed by atoms with Gasteiger partial charge in [-0.3, -0.25) is 9.78 Å². The number of aromatic amines is 1. The van der Waals surface area contributed by atoms with Crippen LogP contribution >= 0.6 is 23.4 Å². The first kappa shape index (κ1) is 17.1. The molecule has 0 aliphatic heterocycles. The highest BCUT2D eigenvalue weighted by atomic mass is 35.5. The molecule has 0 radical (unpaired) electrons. The SMILES string of the molecule is Nc1nc(NC2CCCCC2)c(Sc2ccc(Cl)cc2F)c(=O)[nH]1. The maximum Gasteiger partial charge on any atom is 0.268 e. The van der Waals surface area contributed by atoms with E-state index < -0.39 is 5.82 Å². The molecule has 1 heterocycles. The molecule has 8 heteroatoms. The molecule has 1 aliphatic carbocycles. The Bertz CT molecular complexity index is 792. The Labute approximate surface area is 148 Å². The van der Waals surface area contributed by atoms with Crippen LogP contribution in [0.5, 0.6) is 0 Å². The summed E-state index contributed by atoms with van der Waals surface area (Å²) in [6.45, 7) is 0. The lowest BCUT2D eigenvalue weighted by molar-refractivity contribution is 0.461. The number of nitrogen functional groups attached to an aromatic ring is 1. The molecule has 4 N–H and O–H groups in total. The number of nitrogens with two attached hydrogens (primary N) is 1. The van der Waals surface area contributed by atoms with Crippen molar-refractivity contribution in [3.8, 4) is 0 Å². The smallest absolute Gasteiger partial charge is 0.268 e. The van der Waals surface area contributed by atoms with Crippen LogP contribution in [0.4, 0.5) is 16.2 Å². The summed E-state index contributed by atoms with van der Waals surface area (Å²) in [6.07, 6.45) is 5.55. The van der Waals surface area contributed by atoms with E-state index in [-0.39, 0.29) is 17.5 Å². The van der Waals surface area contributed by atoms with Crippen molar-refractivity contribution in [3.63, 3.8) is 0 Å². The Hall–Kier alpha value is -1.73. The zero-order chi connectivity index (χ0) is 17.1. The van der Waals surface area contributed by atoms with E-state index in [2.05, 4.69) is 15.3 Å². The van der Waals surface area contributed by atoms with Crippen LogP contribution in [0.3, 0.4) is 0 Å². The molecular weight excluding hydrogens is 351 g/mol. The molecule has 0 spiro atoms. The van der Waals surface area contributed by atoms with Gasteiger partial charge in [-0.15, -0.1) is 0 Å². The fraction of sp³-hybridized carbons (Fsp3) is 0.375. The number of hydrogen-bond donors (Lipinski definition) is 3. The largest absolute Gasteiger partial charge is 0.369 e. The number of benzene rings is 1. The Morgan fingerprint density at radius 3 is 2.79 bits per heavy atom. The van der Waals surface area contributed by atoms with Crippen molar-refractivity contribution in [2.24, 2.45) is 0 Å². The fourth-order valence-electron chi connectivity index (χ4n) is 2.78. The summed E-state index contributed by atoms with van der Waals surface area (Å²) < 4.78 is 14.1. The zero-order valence-corrected chi connectivity index (χ0v) is 14.5. The van der Waals surface area contributed by atoms with Crippen molar-refractivity contribution >= 4 is 35.1 Å². The molecule has 2 aromatic rings. The number of H-pyrrole nitrogens is 1. The molecule has 1 aliphatic rings. The van der Waals surface area contributed by atoms with Gasteiger partial charge in [0.25, 0.3) is 5.56 Å². The standard InChI is InChI=1S/C16H18ClFN4OS/c17-9-6-7-12(11(18)8-9)24-13-14(21-16(19)22-15(13)23)20-10-4-2-1-3-5-10/h6-8,10H,1-5H2,(H4,19,20,21,22,23). The molecule has 1 saturated carbocycles. The molecule has 0 saturated heterocycles. The molecule has 0 bridgehead atoms. The van der Waals surface area contributed by atoms with E-state index in [9.17, 15) is 9.18 Å². The van der Waals surface area contributed by atoms with E-state index in [1.807, 2.05) is 0 Å². The van der Waals surface area contributed by atoms with E-state index in [4.69, 9.17) is 17.3 Å². The summed E-state index contributed by atoms with van der Waals surface area (Å²) >= 11 is 6.79. The highest BCUT2D eigenvalue weighted by molar-refractivity contribution is 7.99. The minimum atomic E-state index is -0.479. The first-order valence-electron chi connectivity index (χ1n) is 7.82. The van der Waals surface area contributed by atoms with Crippen molar-refractivity contribution in [1.29, 1.82) is 0 Å². The molecule has 3 rings (SSSR count). The van der Waals surface area contributed by atoms with Crippen molar-refractivity contribution in [2.75, 3.05) is 11.1 Å². The van der Waals surface area contributed by atoms with Gasteiger partial charge in [0.1, 0.15) is 16.5 Å². The van der Waals surface area contributed by atoms with Gasteiger partial charge in [-0.25, -0.2) is 4.39 Å². The predicted octanol–water partition coefficient (Wildman–Crippen LogP) is 4.04. The third-order valence-electron chi connectivity index (χ3n) is 3.95. The zero-order valence-electron chi connectivity index (χ0n) is 12.9. The average molecular weight is 369 g/mol. The minimum Gasteiger partial charge on any atom is -0.369 e. The number of nitrogens with one attached hydrogen (secondary N) is 2. The number of anilines is 2. The van der Waals surface area contributed by atoms with Crippen molar-refractivity contribution in [1.82, 2.24) is 9.97 Å². The van der Waals surface area contributed by atoms with Crippen LogP contribution in [-0.2, 0) is 0 Å². The number of aromatic nitrogens is 2. The maximum atomic E-state index is 14.1. The predicted molar refractivity (Wildman–Crippen MR) is 95.3 cm³/mol. The van der Waals surface area contributed by atoms with Crippen molar-refractivity contribution in [2.45, 2.75) is 47.9 Å². The molecule has 1 fully saturated rings. The van der Waals surface area contributed by atoms with Crippen LogP contribution in [0.25, 0.3) is 0 Å². The van der Waals surface area contributed by atoms with Gasteiger partial charge >= 0.3 is 0 Å². The van der Waals surface area contributed by atoms with Gasteiger partial charge < -0.3 is 11.1 Å². The first-order valence-corrected chi connectivity index (χ1v) is 9.01. The number of rotatable bonds is 4. The van der Waals surface area contributed by atoms with Crippen molar-refractivity contribution < 1.29 is 4.39 Å². The molecule has 128 valence electrons. The fourth-order valence-corrected chi connectivity index (χ4v) is 3.80. The van der Waals surface area contributed by atoms with E-state index in [1.54, 1.807) is 12.1 Å². The molecule has 1 aromatic carbocycles. The summed E-state index contributed by atoms with van der Waals surface area (Å²) in [5, 5.41) is 3.61. The Morgan fingerprint density at radius 2 is 2.08 bits per heavy atom. The lowest BCUT2D eigenvalue weighted by Crippen LogP contribution is -2.26. The topological polar surface area (TPSA) is 83.8 Å². The van der Waals surface area contributed by atoms with Gasteiger partial charge in [-0.05, 0) is 31.0 Å². The summed E-state index contributed by atoms with van der Waals surface area (Å²) in [4.78, 5) is 19.6. The van der Waals surface area contributed by atoms with Gasteiger partial charge in [-0.2, -0.15) is 4.98 Å². The molecule has 0 atom stereocenters. The number of halogens is 2. The molecule has 24 heavy (non-hydrogen) atoms. The Kier molecular flexibility index (Phi) is 5.30. The van der Waals surface area contributed by atoms with Crippen LogP contribution in [-0.4, -0.2) is 16.0 Å². The van der Waals surface area contributed by atoms with Crippen molar-refractivity contribution in [3.05, 3.63) is 39.4 Å². The second-order valence-electron chi connectivity index (χ2n) is 5.78. The minimum absolute atomic E-state index is 0.0410. The summed E-state index contributed by atoms with van der Waals surface area (Å²) in [5.74, 6) is -0.0333. The van der Waals surface area contributed by atoms with Gasteiger partial charge in [0, 0.05) is 16.0 Å². The molecular formula is C16H18ClFN4OS. The first-order chi connectivity index (χ1) is 11.5. The third-order valence-corrected chi connectivity index (χ3v) is 5.32. The average Bonchev–Trinajstić information content (AvgIpc) is 2.53. The second kappa shape index (κ2) is 7.44. The van der Waals surface area contributed by atoms with Gasteiger partial charge in [-0.1, -0.05) is 42.6 Å². The highest BCUT2D eigenvalue weighted by Gasteiger charge is 2.19. The number of hydrogen-bond acceptors (Lipinski definition) is 5. The second-order valence-corrected chi connectivity index (χ2v) is 7.27. The third kappa shape index (κ3) is 4.02. The van der Waals surface area contributed by atoms with Crippen LogP contribution in [0.15, 0.2) is 32.8 Å². The highest BCUT2D eigenvalue weighted by Crippen LogP contribution is 2.33. The molecule has 1 aromatic heterocycles. The van der Waals surface area contributed by atoms with Gasteiger partial charge in [0.05, 0.1) is 0 Å². The van der Waals surface area contributed by atoms with Crippen LogP contribution < -0.4 is 16.6 Å².